The van der Waals surface area contributed by atoms with Gasteiger partial charge in [-0.15, -0.1) is 0 Å². The van der Waals surface area contributed by atoms with E-state index in [0.717, 1.165) is 11.6 Å². The summed E-state index contributed by atoms with van der Waals surface area (Å²) in [4.78, 5) is 42.1. The minimum atomic E-state index is -1.28. The third-order valence-corrected chi connectivity index (χ3v) is 6.38. The normalized spacial score (nSPS) is 18.6. The molecule has 0 bridgehead atoms. The van der Waals surface area contributed by atoms with Gasteiger partial charge in [0, 0.05) is 56.8 Å². The monoisotopic (exact) mass is 489 g/mol. The highest BCUT2D eigenvalue weighted by Crippen LogP contribution is 2.24. The van der Waals surface area contributed by atoms with E-state index in [4.69, 9.17) is 11.5 Å². The molecule has 0 aliphatic carbocycles. The van der Waals surface area contributed by atoms with Gasteiger partial charge >= 0.3 is 6.03 Å². The Hall–Kier alpha value is -3.60. The fourth-order valence-electron chi connectivity index (χ4n) is 4.61. The van der Waals surface area contributed by atoms with Crippen LogP contribution in [0, 0.1) is 17.5 Å². The smallest absolute Gasteiger partial charge is 0.320 e. The van der Waals surface area contributed by atoms with E-state index in [-0.39, 0.29) is 36.4 Å². The maximum absolute atomic E-state index is 13.9. The Morgan fingerprint density at radius 1 is 1.03 bits per heavy atom. The summed E-state index contributed by atoms with van der Waals surface area (Å²) in [5, 5.41) is 0. The number of hydrogen-bond acceptors (Lipinski definition) is 4. The fourth-order valence-corrected chi connectivity index (χ4v) is 4.61. The van der Waals surface area contributed by atoms with Crippen LogP contribution in [0.25, 0.3) is 0 Å². The molecule has 4 rings (SSSR count). The van der Waals surface area contributed by atoms with Gasteiger partial charge in [-0.1, -0.05) is 12.1 Å². The number of fused-ring (bicyclic) bond motifs is 1. The highest BCUT2D eigenvalue weighted by molar-refractivity contribution is 5.92. The quantitative estimate of drug-likeness (QED) is 0.576. The Bertz CT molecular complexity index is 1160. The molecule has 35 heavy (non-hydrogen) atoms. The van der Waals surface area contributed by atoms with Crippen molar-refractivity contribution in [3.63, 3.8) is 0 Å². The largest absolute Gasteiger partial charge is 0.366 e. The second kappa shape index (κ2) is 9.95. The minimum Gasteiger partial charge on any atom is -0.366 e. The van der Waals surface area contributed by atoms with Crippen molar-refractivity contribution >= 4 is 17.8 Å². The maximum atomic E-state index is 13.9. The molecule has 8 nitrogen and oxygen atoms in total. The molecule has 0 spiro atoms. The Morgan fingerprint density at radius 3 is 2.51 bits per heavy atom. The predicted octanol–water partition coefficient (Wildman–Crippen LogP) is 1.61. The summed E-state index contributed by atoms with van der Waals surface area (Å²) in [6.45, 7) is 1.74. The van der Waals surface area contributed by atoms with Gasteiger partial charge in [0.2, 0.25) is 11.8 Å². The van der Waals surface area contributed by atoms with Crippen molar-refractivity contribution in [2.75, 3.05) is 26.2 Å². The molecule has 0 saturated carbocycles. The fraction of sp³-hybridized carbons (Fsp3) is 0.375. The number of amides is 4. The van der Waals surface area contributed by atoms with Crippen molar-refractivity contribution in [1.29, 1.82) is 0 Å². The summed E-state index contributed by atoms with van der Waals surface area (Å²) in [6.07, 6.45) is -0.211. The van der Waals surface area contributed by atoms with Crippen molar-refractivity contribution < 1.29 is 27.6 Å². The van der Waals surface area contributed by atoms with E-state index in [1.165, 1.54) is 0 Å². The van der Waals surface area contributed by atoms with Crippen LogP contribution in [0.1, 0.15) is 27.9 Å². The van der Waals surface area contributed by atoms with Crippen LogP contribution in [0.4, 0.5) is 18.0 Å². The lowest BCUT2D eigenvalue weighted by Gasteiger charge is -2.36. The first-order chi connectivity index (χ1) is 16.6. The number of primary amides is 1. The summed E-state index contributed by atoms with van der Waals surface area (Å²) in [5.41, 5.74) is 12.4. The Balaban J connectivity index is 1.33. The molecule has 2 atom stereocenters. The highest BCUT2D eigenvalue weighted by atomic mass is 19.2. The summed E-state index contributed by atoms with van der Waals surface area (Å²) >= 11 is 0. The van der Waals surface area contributed by atoms with Crippen LogP contribution in [0.15, 0.2) is 36.4 Å². The number of carbonyl (C=O) groups excluding carboxylic acids is 3. The third-order valence-electron chi connectivity index (χ3n) is 6.38. The van der Waals surface area contributed by atoms with E-state index >= 15 is 0 Å². The minimum absolute atomic E-state index is 0.0912. The first kappa shape index (κ1) is 24.5. The molecular weight excluding hydrogens is 463 g/mol. The molecule has 2 saturated heterocycles. The maximum Gasteiger partial charge on any atom is 0.320 e. The van der Waals surface area contributed by atoms with Crippen molar-refractivity contribution in [3.8, 4) is 0 Å². The molecule has 2 fully saturated rings. The number of rotatable bonds is 7. The Kier molecular flexibility index (Phi) is 6.97. The second-order valence-corrected chi connectivity index (χ2v) is 8.94. The number of nitrogens with two attached hydrogens (primary N) is 2. The van der Waals surface area contributed by atoms with Crippen LogP contribution in [0.3, 0.4) is 0 Å². The average molecular weight is 489 g/mol. The van der Waals surface area contributed by atoms with Crippen LogP contribution < -0.4 is 11.5 Å². The second-order valence-electron chi connectivity index (χ2n) is 8.94. The summed E-state index contributed by atoms with van der Waals surface area (Å²) in [7, 11) is 0. The van der Waals surface area contributed by atoms with Crippen LogP contribution in [-0.4, -0.2) is 70.8 Å². The van der Waals surface area contributed by atoms with Crippen LogP contribution in [-0.2, 0) is 17.8 Å². The zero-order chi connectivity index (χ0) is 25.3. The van der Waals surface area contributed by atoms with E-state index in [1.54, 1.807) is 32.9 Å². The molecule has 2 aromatic rings. The van der Waals surface area contributed by atoms with Crippen molar-refractivity contribution in [3.05, 3.63) is 70.5 Å². The molecule has 186 valence electrons. The van der Waals surface area contributed by atoms with E-state index < -0.39 is 29.4 Å². The van der Waals surface area contributed by atoms with Gasteiger partial charge in [0.1, 0.15) is 5.82 Å². The van der Waals surface area contributed by atoms with E-state index in [1.807, 2.05) is 6.07 Å². The Labute approximate surface area is 200 Å². The lowest BCUT2D eigenvalue weighted by atomic mass is 10.0. The first-order valence-electron chi connectivity index (χ1n) is 11.2. The standard InChI is InChI=1S/C24H26F3N5O3/c25-19-10-21(27)20(26)8-16(19)7-17(28)9-22(33)30-4-5-32-18(12-30)13-31(24(32)35)11-14-2-1-3-15(6-14)23(29)34/h1-3,6,8,10,17-18H,4-5,7,9,11-13,28H2,(H2,29,34)/t17-,18?/m1/s1. The molecule has 4 amide bonds. The van der Waals surface area contributed by atoms with Gasteiger partial charge in [0.25, 0.3) is 0 Å². The van der Waals surface area contributed by atoms with Crippen molar-refractivity contribution in [1.82, 2.24) is 14.7 Å². The lowest BCUT2D eigenvalue weighted by molar-refractivity contribution is -0.133. The lowest BCUT2D eigenvalue weighted by Crippen LogP contribution is -2.54. The van der Waals surface area contributed by atoms with E-state index in [9.17, 15) is 27.6 Å². The van der Waals surface area contributed by atoms with Gasteiger partial charge < -0.3 is 26.2 Å². The van der Waals surface area contributed by atoms with Gasteiger partial charge in [0.05, 0.1) is 6.04 Å². The van der Waals surface area contributed by atoms with Gasteiger partial charge in [0.15, 0.2) is 11.6 Å². The number of hydrogen-bond donors (Lipinski definition) is 2. The summed E-state index contributed by atoms with van der Waals surface area (Å²) < 4.78 is 40.5. The van der Waals surface area contributed by atoms with Gasteiger partial charge in [-0.3, -0.25) is 9.59 Å². The van der Waals surface area contributed by atoms with Crippen LogP contribution in [0.2, 0.25) is 0 Å². The molecule has 2 aliphatic heterocycles. The zero-order valence-electron chi connectivity index (χ0n) is 18.9. The Morgan fingerprint density at radius 2 is 1.77 bits per heavy atom. The average Bonchev–Trinajstić information content (AvgIpc) is 3.12. The number of halogens is 3. The highest BCUT2D eigenvalue weighted by Gasteiger charge is 2.41. The molecular formula is C24H26F3N5O3. The van der Waals surface area contributed by atoms with Crippen LogP contribution >= 0.6 is 0 Å². The van der Waals surface area contributed by atoms with E-state index in [2.05, 4.69) is 0 Å². The number of piperazine rings is 1. The number of benzene rings is 2. The van der Waals surface area contributed by atoms with Crippen molar-refractivity contribution in [2.24, 2.45) is 11.5 Å². The van der Waals surface area contributed by atoms with Gasteiger partial charge in [-0.2, -0.15) is 0 Å². The molecule has 4 N–H and O–H groups in total. The van der Waals surface area contributed by atoms with Gasteiger partial charge in [-0.05, 0) is 35.7 Å². The molecule has 0 radical (unpaired) electrons. The zero-order valence-corrected chi connectivity index (χ0v) is 18.9. The predicted molar refractivity (Wildman–Crippen MR) is 120 cm³/mol. The third kappa shape index (κ3) is 5.40. The molecule has 2 heterocycles. The van der Waals surface area contributed by atoms with Crippen molar-refractivity contribution in [2.45, 2.75) is 31.5 Å². The number of carbonyl (C=O) groups is 3. The van der Waals surface area contributed by atoms with Gasteiger partial charge in [-0.25, -0.2) is 18.0 Å². The van der Waals surface area contributed by atoms with Crippen LogP contribution in [0.5, 0.6) is 0 Å². The van der Waals surface area contributed by atoms with E-state index in [0.29, 0.717) is 44.4 Å². The molecule has 2 aliphatic rings. The summed E-state index contributed by atoms with van der Waals surface area (Å²) in [5.74, 6) is -4.16. The molecule has 0 aromatic heterocycles. The molecule has 11 heteroatoms. The summed E-state index contributed by atoms with van der Waals surface area (Å²) in [6, 6.07) is 6.88. The topological polar surface area (TPSA) is 113 Å². The SMILES string of the molecule is NC(=O)c1cccc(CN2CC3CN(C(=O)C[C@H](N)Cc4cc(F)c(F)cc4F)CCN3C2=O)c1. The number of urea groups is 1. The molecule has 2 aromatic carbocycles. The number of nitrogens with zero attached hydrogens (tertiary/aromatic N) is 3. The molecule has 1 unspecified atom stereocenters. The first-order valence-corrected chi connectivity index (χ1v) is 11.2.